The highest BCUT2D eigenvalue weighted by Gasteiger charge is 2.21. The molecule has 0 bridgehead atoms. The minimum absolute atomic E-state index is 0.0212. The lowest BCUT2D eigenvalue weighted by molar-refractivity contribution is 0.474. The topological polar surface area (TPSA) is 58.9 Å². The Bertz CT molecular complexity index is 1810. The number of hydrogen-bond donors (Lipinski definition) is 1. The third-order valence-electron chi connectivity index (χ3n) is 7.61. The molecule has 3 aromatic rings. The second-order valence-electron chi connectivity index (χ2n) is 10.7. The fourth-order valence-electron chi connectivity index (χ4n) is 5.15. The van der Waals surface area contributed by atoms with Crippen molar-refractivity contribution in [3.05, 3.63) is 157 Å². The van der Waals surface area contributed by atoms with Crippen LogP contribution in [-0.2, 0) is 0 Å². The Morgan fingerprint density at radius 3 is 2.52 bits per heavy atom. The van der Waals surface area contributed by atoms with Crippen molar-refractivity contribution in [3.8, 4) is 17.1 Å². The van der Waals surface area contributed by atoms with Crippen LogP contribution < -0.4 is 0 Å². The monoisotopic (exact) mass is 579 g/mol. The van der Waals surface area contributed by atoms with E-state index in [1.54, 1.807) is 12.1 Å². The lowest BCUT2D eigenvalue weighted by Crippen LogP contribution is -2.11. The molecule has 1 heterocycles. The van der Waals surface area contributed by atoms with Gasteiger partial charge in [0.15, 0.2) is 11.6 Å². The Kier molecular flexibility index (Phi) is 10.8. The molecule has 1 atom stereocenters. The molecule has 1 aromatic heterocycles. The average Bonchev–Trinajstić information content (AvgIpc) is 3.04. The van der Waals surface area contributed by atoms with Crippen LogP contribution in [0.25, 0.3) is 33.3 Å². The van der Waals surface area contributed by atoms with Gasteiger partial charge in [-0.25, -0.2) is 15.0 Å². The van der Waals surface area contributed by atoms with Gasteiger partial charge >= 0.3 is 0 Å². The molecule has 1 N–H and O–H groups in total. The minimum atomic E-state index is 0.0212. The first-order chi connectivity index (χ1) is 21.3. The first-order valence-electron chi connectivity index (χ1n) is 15.0. The van der Waals surface area contributed by atoms with E-state index < -0.39 is 0 Å². The van der Waals surface area contributed by atoms with E-state index in [1.807, 2.05) is 81.5 Å². The number of aromatic hydroxyl groups is 1. The van der Waals surface area contributed by atoms with Crippen LogP contribution >= 0.6 is 0 Å². The van der Waals surface area contributed by atoms with Gasteiger partial charge in [-0.05, 0) is 84.9 Å². The van der Waals surface area contributed by atoms with Gasteiger partial charge in [0.25, 0.3) is 0 Å². The van der Waals surface area contributed by atoms with Crippen LogP contribution in [0.3, 0.4) is 0 Å². The summed E-state index contributed by atoms with van der Waals surface area (Å²) in [7, 11) is 0. The van der Waals surface area contributed by atoms with E-state index in [4.69, 9.17) is 15.0 Å². The van der Waals surface area contributed by atoms with E-state index in [-0.39, 0.29) is 11.7 Å². The highest BCUT2D eigenvalue weighted by atomic mass is 16.3. The third kappa shape index (κ3) is 7.45. The van der Waals surface area contributed by atoms with Gasteiger partial charge in [-0.3, -0.25) is 0 Å². The fourth-order valence-corrected chi connectivity index (χ4v) is 5.15. The largest absolute Gasteiger partial charge is 0.507 e. The van der Waals surface area contributed by atoms with Crippen molar-refractivity contribution in [3.63, 3.8) is 0 Å². The van der Waals surface area contributed by atoms with Crippen molar-refractivity contribution < 1.29 is 5.11 Å². The summed E-state index contributed by atoms with van der Waals surface area (Å²) in [5.41, 5.74) is 6.86. The van der Waals surface area contributed by atoms with Crippen LogP contribution in [-0.4, -0.2) is 20.1 Å². The molecule has 1 aliphatic carbocycles. The van der Waals surface area contributed by atoms with E-state index in [1.165, 1.54) is 11.1 Å². The number of rotatable bonds is 11. The average molecular weight is 580 g/mol. The first-order valence-corrected chi connectivity index (χ1v) is 15.0. The lowest BCUT2D eigenvalue weighted by atomic mass is 9.87. The molecule has 0 spiro atoms. The van der Waals surface area contributed by atoms with Crippen molar-refractivity contribution >= 4 is 21.9 Å². The van der Waals surface area contributed by atoms with Crippen molar-refractivity contribution in [2.45, 2.75) is 46.5 Å². The van der Waals surface area contributed by atoms with E-state index in [9.17, 15) is 5.11 Å². The number of aromatic nitrogens is 3. The fraction of sp³-hybridized carbons (Fsp3) is 0.175. The molecule has 1 unspecified atom stereocenters. The van der Waals surface area contributed by atoms with Gasteiger partial charge in [-0.1, -0.05) is 117 Å². The molecule has 4 nitrogen and oxygen atoms in total. The maximum atomic E-state index is 10.6. The molecule has 0 amide bonds. The molecule has 1 aliphatic rings. The zero-order chi connectivity index (χ0) is 31.6. The number of phenolic OH excluding ortho intramolecular Hbond substituents is 1. The highest BCUT2D eigenvalue weighted by Crippen LogP contribution is 2.35. The Labute approximate surface area is 262 Å². The molecule has 4 heteroatoms. The molecule has 2 aromatic carbocycles. The summed E-state index contributed by atoms with van der Waals surface area (Å²) in [4.78, 5) is 14.9. The summed E-state index contributed by atoms with van der Waals surface area (Å²) in [6, 6.07) is 9.81. The number of phenols is 1. The molecule has 0 radical (unpaired) electrons. The summed E-state index contributed by atoms with van der Waals surface area (Å²) >= 11 is 0. The number of allylic oxidation sites excluding steroid dienone is 17. The molecule has 0 fully saturated rings. The SMILES string of the molecule is C=C/C=C(C=C)/C=C/C1=C(CC)CC(c2nc(/C(C)=C/C=C\C)nc(-c3ccc4cc(O)c(C(=C)/C=C\C)cc4c3)n2)C=C1. The van der Waals surface area contributed by atoms with Gasteiger partial charge < -0.3 is 5.11 Å². The van der Waals surface area contributed by atoms with Gasteiger partial charge in [0.1, 0.15) is 11.6 Å². The third-order valence-corrected chi connectivity index (χ3v) is 7.61. The minimum Gasteiger partial charge on any atom is -0.507 e. The summed E-state index contributed by atoms with van der Waals surface area (Å²) < 4.78 is 0. The van der Waals surface area contributed by atoms with Crippen LogP contribution in [0.2, 0.25) is 0 Å². The summed E-state index contributed by atoms with van der Waals surface area (Å²) in [5.74, 6) is 2.25. The van der Waals surface area contributed by atoms with Crippen molar-refractivity contribution in [2.75, 3.05) is 0 Å². The first kappa shape index (κ1) is 31.8. The summed E-state index contributed by atoms with van der Waals surface area (Å²) in [6.07, 6.45) is 25.7. The summed E-state index contributed by atoms with van der Waals surface area (Å²) in [5, 5.41) is 12.5. The predicted molar refractivity (Wildman–Crippen MR) is 188 cm³/mol. The van der Waals surface area contributed by atoms with E-state index in [0.717, 1.165) is 51.7 Å². The van der Waals surface area contributed by atoms with Crippen LogP contribution in [0.15, 0.2) is 140 Å². The molecule has 222 valence electrons. The van der Waals surface area contributed by atoms with Crippen LogP contribution in [0.4, 0.5) is 0 Å². The zero-order valence-electron chi connectivity index (χ0n) is 26.2. The molecular weight excluding hydrogens is 538 g/mol. The molecule has 0 aliphatic heterocycles. The van der Waals surface area contributed by atoms with Gasteiger partial charge in [-0.2, -0.15) is 0 Å². The predicted octanol–water partition coefficient (Wildman–Crippen LogP) is 10.6. The standard InChI is InChI=1S/C40H41N3O/c1-8-13-16-28(7)38-41-39(33-21-19-31(30(12-5)23-33)18-17-29(11-4)15-10-3)43-40(42-38)34-22-20-32-26-37(44)36(25-35(32)24-34)27(6)14-9-2/h8-11,13-22,24-26,33,44H,3-4,6,12,23H2,1-2,5,7H3/b13-8-,14-9-,18-17+,28-16+,29-15+. The van der Waals surface area contributed by atoms with Gasteiger partial charge in [-0.15, -0.1) is 0 Å². The van der Waals surface area contributed by atoms with Crippen molar-refractivity contribution in [1.29, 1.82) is 0 Å². The number of benzene rings is 2. The van der Waals surface area contributed by atoms with Crippen LogP contribution in [0.5, 0.6) is 5.75 Å². The lowest BCUT2D eigenvalue weighted by Gasteiger charge is -2.21. The second kappa shape index (κ2) is 14.9. The zero-order valence-corrected chi connectivity index (χ0v) is 26.2. The maximum Gasteiger partial charge on any atom is 0.163 e. The Hall–Kier alpha value is -5.09. The second-order valence-corrected chi connectivity index (χ2v) is 10.7. The Balaban J connectivity index is 1.79. The highest BCUT2D eigenvalue weighted by molar-refractivity contribution is 5.92. The van der Waals surface area contributed by atoms with Crippen LogP contribution in [0.1, 0.15) is 63.7 Å². The van der Waals surface area contributed by atoms with E-state index >= 15 is 0 Å². The Morgan fingerprint density at radius 1 is 1.00 bits per heavy atom. The number of nitrogens with zero attached hydrogens (tertiary/aromatic N) is 3. The molecule has 44 heavy (non-hydrogen) atoms. The Morgan fingerprint density at radius 2 is 1.82 bits per heavy atom. The molecule has 0 saturated heterocycles. The van der Waals surface area contributed by atoms with E-state index in [2.05, 4.69) is 57.0 Å². The maximum absolute atomic E-state index is 10.6. The molecule has 4 rings (SSSR count). The smallest absolute Gasteiger partial charge is 0.163 e. The van der Waals surface area contributed by atoms with Crippen molar-refractivity contribution in [2.24, 2.45) is 0 Å². The number of fused-ring (bicyclic) bond motifs is 1. The normalized spacial score (nSPS) is 16.1. The summed E-state index contributed by atoms with van der Waals surface area (Å²) in [6.45, 7) is 19.9. The van der Waals surface area contributed by atoms with Crippen LogP contribution in [0, 0.1) is 0 Å². The molecular formula is C40H41N3O. The number of hydrogen-bond acceptors (Lipinski definition) is 4. The quantitative estimate of drug-likeness (QED) is 0.230. The van der Waals surface area contributed by atoms with Gasteiger partial charge in [0, 0.05) is 17.0 Å². The van der Waals surface area contributed by atoms with Gasteiger partial charge in [0.05, 0.1) is 0 Å². The van der Waals surface area contributed by atoms with E-state index in [0.29, 0.717) is 17.2 Å². The van der Waals surface area contributed by atoms with Crippen molar-refractivity contribution in [1.82, 2.24) is 15.0 Å². The van der Waals surface area contributed by atoms with Gasteiger partial charge in [0.2, 0.25) is 0 Å². The molecule has 0 saturated carbocycles.